The molecule has 33 heavy (non-hydrogen) atoms. The summed E-state index contributed by atoms with van der Waals surface area (Å²) in [5.41, 5.74) is 3.35. The predicted octanol–water partition coefficient (Wildman–Crippen LogP) is 4.82. The first-order valence-corrected chi connectivity index (χ1v) is 11.3. The molecule has 0 spiro atoms. The van der Waals surface area contributed by atoms with Gasteiger partial charge in [-0.05, 0) is 41.3 Å². The number of nitrogens with zero attached hydrogens (tertiary/aromatic N) is 3. The zero-order valence-electron chi connectivity index (χ0n) is 20.0. The van der Waals surface area contributed by atoms with Gasteiger partial charge in [0.2, 0.25) is 6.29 Å². The van der Waals surface area contributed by atoms with Crippen LogP contribution < -0.4 is 0 Å². The molecule has 0 amide bonds. The topological polar surface area (TPSA) is 103 Å². The highest BCUT2D eigenvalue weighted by Crippen LogP contribution is 2.31. The molecule has 0 N–H and O–H groups in total. The van der Waals surface area contributed by atoms with Gasteiger partial charge < -0.3 is 14.2 Å². The normalized spacial score (nSPS) is 12.9. The van der Waals surface area contributed by atoms with Crippen LogP contribution in [0.25, 0.3) is 11.3 Å². The summed E-state index contributed by atoms with van der Waals surface area (Å²) < 4.78 is 17.3. The number of nitriles is 1. The fraction of sp³-hybridized carbons (Fsp3) is 0.417. The van der Waals surface area contributed by atoms with Crippen LogP contribution in [-0.2, 0) is 31.5 Å². The minimum atomic E-state index is -1.02. The number of benzene rings is 1. The second-order valence-corrected chi connectivity index (χ2v) is 9.27. The monoisotopic (exact) mass is 471 g/mol. The summed E-state index contributed by atoms with van der Waals surface area (Å²) in [5, 5.41) is 13.7. The van der Waals surface area contributed by atoms with E-state index in [1.165, 1.54) is 14.0 Å². The third kappa shape index (κ3) is 7.12. The maximum absolute atomic E-state index is 12.1. The number of carbonyl (C=O) groups excluding carboxylic acids is 2. The molecular formula is C24H29N3O5S. The summed E-state index contributed by atoms with van der Waals surface area (Å²) in [5.74, 6) is -0.473. The summed E-state index contributed by atoms with van der Waals surface area (Å²) in [6.45, 7) is 9.72. The Morgan fingerprint density at radius 2 is 1.85 bits per heavy atom. The Morgan fingerprint density at radius 1 is 1.21 bits per heavy atom. The first-order chi connectivity index (χ1) is 15.5. The van der Waals surface area contributed by atoms with Gasteiger partial charge in [0, 0.05) is 14.0 Å². The van der Waals surface area contributed by atoms with Gasteiger partial charge in [-0.15, -0.1) is 0 Å². The highest BCUT2D eigenvalue weighted by molar-refractivity contribution is 8.13. The maximum Gasteiger partial charge on any atom is 0.370 e. The minimum absolute atomic E-state index is 0.0297. The number of hydrogen-bond acceptors (Lipinski definition) is 8. The van der Waals surface area contributed by atoms with E-state index in [0.717, 1.165) is 11.3 Å². The smallest absolute Gasteiger partial charge is 0.370 e. The molecule has 0 fully saturated rings. The molecular weight excluding hydrogens is 442 g/mol. The lowest BCUT2D eigenvalue weighted by Crippen LogP contribution is -2.18. The number of esters is 1. The van der Waals surface area contributed by atoms with Gasteiger partial charge in [0.05, 0.1) is 12.8 Å². The Labute approximate surface area is 198 Å². The van der Waals surface area contributed by atoms with E-state index >= 15 is 0 Å². The van der Waals surface area contributed by atoms with Gasteiger partial charge in [0.1, 0.15) is 23.1 Å². The molecule has 8 nitrogen and oxygen atoms in total. The Kier molecular flexibility index (Phi) is 8.71. The standard InChI is InChI=1S/C24H29N3O5S/c1-15-12-20(27(6)26-15)22(31-16(2)32-23(29)33-14-21(28)30-7)19(13-25)17-8-10-18(11-9-17)24(3,4)5/h8-12,16H,14H2,1-7H3/b22-19-. The molecule has 2 rings (SSSR count). The van der Waals surface area contributed by atoms with Crippen molar-refractivity contribution in [3.05, 3.63) is 52.8 Å². The Morgan fingerprint density at radius 3 is 2.33 bits per heavy atom. The van der Waals surface area contributed by atoms with Crippen LogP contribution in [0.2, 0.25) is 0 Å². The summed E-state index contributed by atoms with van der Waals surface area (Å²) in [4.78, 5) is 23.3. The fourth-order valence-electron chi connectivity index (χ4n) is 2.99. The third-order valence-corrected chi connectivity index (χ3v) is 5.41. The molecule has 1 heterocycles. The van der Waals surface area contributed by atoms with E-state index in [9.17, 15) is 14.9 Å². The Balaban J connectivity index is 2.40. The summed E-state index contributed by atoms with van der Waals surface area (Å²) in [6, 6.07) is 11.7. The largest absolute Gasteiger partial charge is 0.468 e. The van der Waals surface area contributed by atoms with Gasteiger partial charge in [-0.2, -0.15) is 10.4 Å². The molecule has 2 aromatic rings. The molecule has 0 aliphatic heterocycles. The number of rotatable bonds is 7. The van der Waals surface area contributed by atoms with Gasteiger partial charge in [0.15, 0.2) is 5.76 Å². The zero-order chi connectivity index (χ0) is 24.8. The second-order valence-electron chi connectivity index (χ2n) is 8.36. The molecule has 0 saturated carbocycles. The molecule has 0 radical (unpaired) electrons. The number of methoxy groups -OCH3 is 1. The van der Waals surface area contributed by atoms with Crippen LogP contribution in [0.15, 0.2) is 30.3 Å². The highest BCUT2D eigenvalue weighted by atomic mass is 32.2. The number of aryl methyl sites for hydroxylation is 2. The first-order valence-electron chi connectivity index (χ1n) is 10.3. The van der Waals surface area contributed by atoms with E-state index in [-0.39, 0.29) is 22.5 Å². The van der Waals surface area contributed by atoms with Crippen molar-refractivity contribution in [1.82, 2.24) is 9.78 Å². The van der Waals surface area contributed by atoms with Crippen molar-refractivity contribution >= 4 is 34.4 Å². The molecule has 176 valence electrons. The summed E-state index contributed by atoms with van der Waals surface area (Å²) in [6.07, 6.45) is -1.02. The van der Waals surface area contributed by atoms with Crippen LogP contribution in [-0.4, -0.2) is 40.2 Å². The molecule has 9 heteroatoms. The lowest BCUT2D eigenvalue weighted by molar-refractivity contribution is -0.137. The lowest BCUT2D eigenvalue weighted by Gasteiger charge is -2.20. The van der Waals surface area contributed by atoms with Gasteiger partial charge >= 0.3 is 11.3 Å². The van der Waals surface area contributed by atoms with Crippen LogP contribution in [0.3, 0.4) is 0 Å². The second kappa shape index (κ2) is 11.1. The molecule has 0 bridgehead atoms. The van der Waals surface area contributed by atoms with E-state index in [4.69, 9.17) is 9.47 Å². The van der Waals surface area contributed by atoms with Gasteiger partial charge in [-0.1, -0.05) is 45.0 Å². The van der Waals surface area contributed by atoms with Crippen LogP contribution in [0.5, 0.6) is 0 Å². The van der Waals surface area contributed by atoms with E-state index in [1.807, 2.05) is 31.2 Å². The lowest BCUT2D eigenvalue weighted by atomic mass is 9.86. The molecule has 1 unspecified atom stereocenters. The Bertz CT molecular complexity index is 1070. The fourth-order valence-corrected chi connectivity index (χ4v) is 3.55. The van der Waals surface area contributed by atoms with Crippen molar-refractivity contribution in [2.24, 2.45) is 7.05 Å². The number of hydrogen-bond donors (Lipinski definition) is 0. The number of allylic oxidation sites excluding steroid dienone is 1. The summed E-state index contributed by atoms with van der Waals surface area (Å²) in [7, 11) is 2.98. The predicted molar refractivity (Wildman–Crippen MR) is 127 cm³/mol. The van der Waals surface area contributed by atoms with Crippen molar-refractivity contribution in [2.75, 3.05) is 12.9 Å². The van der Waals surface area contributed by atoms with Crippen LogP contribution in [0, 0.1) is 18.3 Å². The SMILES string of the molecule is COC(=O)CSC(=O)OC(C)O/C(=C(/C#N)c1ccc(C(C)(C)C)cc1)c1cc(C)nn1C. The molecule has 0 aliphatic carbocycles. The number of ether oxygens (including phenoxy) is 3. The van der Waals surface area contributed by atoms with Gasteiger partial charge in [0.25, 0.3) is 0 Å². The molecule has 0 aliphatic rings. The van der Waals surface area contributed by atoms with E-state index in [1.54, 1.807) is 17.8 Å². The summed E-state index contributed by atoms with van der Waals surface area (Å²) >= 11 is 0.668. The number of thioether (sulfide) groups is 1. The van der Waals surface area contributed by atoms with E-state index in [2.05, 4.69) is 36.7 Å². The number of aromatic nitrogens is 2. The van der Waals surface area contributed by atoms with Crippen molar-refractivity contribution in [2.45, 2.75) is 46.3 Å². The molecule has 1 aromatic carbocycles. The number of carbonyl (C=O) groups is 2. The van der Waals surface area contributed by atoms with Crippen LogP contribution in [0.1, 0.15) is 50.2 Å². The zero-order valence-corrected chi connectivity index (χ0v) is 20.8. The average molecular weight is 472 g/mol. The van der Waals surface area contributed by atoms with E-state index < -0.39 is 17.6 Å². The maximum atomic E-state index is 12.1. The molecule has 1 atom stereocenters. The van der Waals surface area contributed by atoms with Gasteiger partial charge in [-0.25, -0.2) is 4.79 Å². The van der Waals surface area contributed by atoms with Crippen LogP contribution >= 0.6 is 11.8 Å². The molecule has 0 saturated heterocycles. The molecule has 1 aromatic heterocycles. The quantitative estimate of drug-likeness (QED) is 0.245. The minimum Gasteiger partial charge on any atom is -0.468 e. The first kappa shape index (κ1) is 26.0. The van der Waals surface area contributed by atoms with Crippen molar-refractivity contribution < 1.29 is 23.8 Å². The van der Waals surface area contributed by atoms with Crippen LogP contribution in [0.4, 0.5) is 4.79 Å². The average Bonchev–Trinajstić information content (AvgIpc) is 3.09. The third-order valence-electron chi connectivity index (χ3n) is 4.69. The highest BCUT2D eigenvalue weighted by Gasteiger charge is 2.23. The Hall–Kier alpha value is -3.25. The van der Waals surface area contributed by atoms with E-state index in [0.29, 0.717) is 23.0 Å². The van der Waals surface area contributed by atoms with Crippen molar-refractivity contribution in [3.63, 3.8) is 0 Å². The van der Waals surface area contributed by atoms with Crippen molar-refractivity contribution in [1.29, 1.82) is 5.26 Å². The van der Waals surface area contributed by atoms with Gasteiger partial charge in [-0.3, -0.25) is 9.48 Å². The van der Waals surface area contributed by atoms with Crippen molar-refractivity contribution in [3.8, 4) is 6.07 Å².